The van der Waals surface area contributed by atoms with Crippen LogP contribution in [0.4, 0.5) is 14.9 Å². The lowest BCUT2D eigenvalue weighted by atomic mass is 10.0. The number of nitrogens with one attached hydrogen (secondary N) is 1. The number of amides is 4. The first-order valence-corrected chi connectivity index (χ1v) is 12.0. The van der Waals surface area contributed by atoms with Crippen molar-refractivity contribution in [1.29, 1.82) is 0 Å². The van der Waals surface area contributed by atoms with Crippen LogP contribution in [0.2, 0.25) is 0 Å². The standard InChI is InChI=1S/C28H20BrFN2O6/c1-2-3-19-12-17(14-23(29)24(19)38-15-16-4-6-18(7-5-16)27(35)36)13-22-25(33)31-28(37)32(26(22)34)21-10-8-20(30)9-11-21/h2,4-14H,1,3,15H2,(H,35,36)(H,31,33,37)/b22-13+. The molecule has 8 nitrogen and oxygen atoms in total. The largest absolute Gasteiger partial charge is 0.487 e. The van der Waals surface area contributed by atoms with Crippen LogP contribution in [-0.4, -0.2) is 28.9 Å². The second-order valence-corrected chi connectivity index (χ2v) is 9.06. The molecule has 2 N–H and O–H groups in total. The highest BCUT2D eigenvalue weighted by Gasteiger charge is 2.36. The molecule has 0 atom stereocenters. The minimum atomic E-state index is -1.02. The van der Waals surface area contributed by atoms with Crippen molar-refractivity contribution in [2.24, 2.45) is 0 Å². The lowest BCUT2D eigenvalue weighted by molar-refractivity contribution is -0.122. The van der Waals surface area contributed by atoms with E-state index < -0.39 is 29.6 Å². The third-order valence-electron chi connectivity index (χ3n) is 5.59. The van der Waals surface area contributed by atoms with Crippen LogP contribution < -0.4 is 15.0 Å². The number of carboxylic acid groups (broad SMARTS) is 1. The van der Waals surface area contributed by atoms with Gasteiger partial charge in [0.15, 0.2) is 0 Å². The summed E-state index contributed by atoms with van der Waals surface area (Å²) in [6.45, 7) is 3.93. The van der Waals surface area contributed by atoms with Gasteiger partial charge in [0, 0.05) is 0 Å². The second kappa shape index (κ2) is 11.2. The van der Waals surface area contributed by atoms with Crippen LogP contribution >= 0.6 is 15.9 Å². The van der Waals surface area contributed by atoms with E-state index in [2.05, 4.69) is 27.8 Å². The van der Waals surface area contributed by atoms with E-state index in [-0.39, 0.29) is 23.4 Å². The molecule has 0 aromatic heterocycles. The third-order valence-corrected chi connectivity index (χ3v) is 6.18. The number of nitrogens with zero attached hydrogens (tertiary/aromatic N) is 1. The van der Waals surface area contributed by atoms with Crippen molar-refractivity contribution in [2.45, 2.75) is 13.0 Å². The number of benzene rings is 3. The Morgan fingerprint density at radius 2 is 1.76 bits per heavy atom. The molecular weight excluding hydrogens is 559 g/mol. The molecule has 3 aromatic rings. The molecule has 4 rings (SSSR count). The smallest absolute Gasteiger partial charge is 0.335 e. The first-order chi connectivity index (χ1) is 18.2. The molecule has 0 bridgehead atoms. The van der Waals surface area contributed by atoms with Crippen LogP contribution in [0.1, 0.15) is 27.0 Å². The van der Waals surface area contributed by atoms with Crippen molar-refractivity contribution in [2.75, 3.05) is 4.90 Å². The lowest BCUT2D eigenvalue weighted by Gasteiger charge is -2.26. The van der Waals surface area contributed by atoms with Gasteiger partial charge >= 0.3 is 12.0 Å². The number of allylic oxidation sites excluding steroid dienone is 1. The first-order valence-electron chi connectivity index (χ1n) is 11.2. The molecule has 0 aliphatic carbocycles. The summed E-state index contributed by atoms with van der Waals surface area (Å²) in [4.78, 5) is 49.8. The summed E-state index contributed by atoms with van der Waals surface area (Å²) in [5.74, 6) is -2.75. The van der Waals surface area contributed by atoms with Gasteiger partial charge in [-0.15, -0.1) is 6.58 Å². The minimum absolute atomic E-state index is 0.112. The molecule has 192 valence electrons. The molecule has 1 fully saturated rings. The molecule has 1 aliphatic rings. The molecule has 1 saturated heterocycles. The minimum Gasteiger partial charge on any atom is -0.487 e. The number of hydrogen-bond acceptors (Lipinski definition) is 5. The Morgan fingerprint density at radius 3 is 2.39 bits per heavy atom. The summed E-state index contributed by atoms with van der Waals surface area (Å²) in [6, 6.07) is 13.5. The van der Waals surface area contributed by atoms with Gasteiger partial charge < -0.3 is 9.84 Å². The number of carboxylic acids is 1. The normalized spacial score (nSPS) is 14.4. The Balaban J connectivity index is 1.63. The quantitative estimate of drug-likeness (QED) is 0.214. The van der Waals surface area contributed by atoms with Crippen molar-refractivity contribution >= 4 is 51.5 Å². The Morgan fingerprint density at radius 1 is 1.08 bits per heavy atom. The Labute approximate surface area is 225 Å². The van der Waals surface area contributed by atoms with E-state index in [1.807, 2.05) is 0 Å². The fraction of sp³-hybridized carbons (Fsp3) is 0.0714. The van der Waals surface area contributed by atoms with Gasteiger partial charge in [-0.25, -0.2) is 18.9 Å². The predicted molar refractivity (Wildman–Crippen MR) is 141 cm³/mol. The summed E-state index contributed by atoms with van der Waals surface area (Å²) >= 11 is 3.48. The molecule has 3 aromatic carbocycles. The number of anilines is 1. The van der Waals surface area contributed by atoms with Crippen molar-refractivity contribution in [3.05, 3.63) is 111 Å². The molecule has 4 amide bonds. The molecule has 10 heteroatoms. The zero-order valence-electron chi connectivity index (χ0n) is 19.7. The van der Waals surface area contributed by atoms with Gasteiger partial charge in [-0.2, -0.15) is 0 Å². The van der Waals surface area contributed by atoms with E-state index in [4.69, 9.17) is 9.84 Å². The van der Waals surface area contributed by atoms with E-state index >= 15 is 0 Å². The van der Waals surface area contributed by atoms with Gasteiger partial charge in [-0.05, 0) is 93.6 Å². The number of carbonyl (C=O) groups is 4. The molecule has 38 heavy (non-hydrogen) atoms. The highest BCUT2D eigenvalue weighted by molar-refractivity contribution is 9.10. The molecule has 0 unspecified atom stereocenters. The number of halogens is 2. The van der Waals surface area contributed by atoms with Crippen molar-refractivity contribution in [3.63, 3.8) is 0 Å². The average Bonchev–Trinajstić information content (AvgIpc) is 2.87. The summed E-state index contributed by atoms with van der Waals surface area (Å²) in [5, 5.41) is 11.2. The molecule has 1 heterocycles. The van der Waals surface area contributed by atoms with E-state index in [9.17, 15) is 23.6 Å². The Hall–Kier alpha value is -4.57. The van der Waals surface area contributed by atoms with E-state index in [0.29, 0.717) is 27.8 Å². The molecule has 0 radical (unpaired) electrons. The maximum absolute atomic E-state index is 13.3. The van der Waals surface area contributed by atoms with Crippen LogP contribution in [0.15, 0.2) is 83.4 Å². The van der Waals surface area contributed by atoms with Crippen LogP contribution in [0, 0.1) is 5.82 Å². The maximum Gasteiger partial charge on any atom is 0.335 e. The highest BCUT2D eigenvalue weighted by atomic mass is 79.9. The number of hydrogen-bond donors (Lipinski definition) is 2. The SMILES string of the molecule is C=CCc1cc(/C=C2\C(=O)NC(=O)N(c3ccc(F)cc3)C2=O)cc(Br)c1OCc1ccc(C(=O)O)cc1. The number of ether oxygens (including phenoxy) is 1. The number of carbonyl (C=O) groups excluding carboxylic acids is 3. The van der Waals surface area contributed by atoms with E-state index in [1.165, 1.54) is 30.3 Å². The molecular formula is C28H20BrFN2O6. The zero-order valence-corrected chi connectivity index (χ0v) is 21.3. The highest BCUT2D eigenvalue weighted by Crippen LogP contribution is 2.33. The summed E-state index contributed by atoms with van der Waals surface area (Å²) < 4.78 is 19.9. The van der Waals surface area contributed by atoms with Crippen LogP contribution in [0.5, 0.6) is 5.75 Å². The van der Waals surface area contributed by atoms with Crippen LogP contribution in [0.25, 0.3) is 6.08 Å². The van der Waals surface area contributed by atoms with E-state index in [0.717, 1.165) is 22.6 Å². The average molecular weight is 579 g/mol. The first kappa shape index (κ1) is 26.5. The zero-order chi connectivity index (χ0) is 27.4. The van der Waals surface area contributed by atoms with Crippen LogP contribution in [0.3, 0.4) is 0 Å². The Bertz CT molecular complexity index is 1480. The lowest BCUT2D eigenvalue weighted by Crippen LogP contribution is -2.54. The Kier molecular flexibility index (Phi) is 7.82. The monoisotopic (exact) mass is 578 g/mol. The fourth-order valence-electron chi connectivity index (χ4n) is 3.77. The van der Waals surface area contributed by atoms with Crippen molar-refractivity contribution in [3.8, 4) is 5.75 Å². The van der Waals surface area contributed by atoms with E-state index in [1.54, 1.807) is 30.3 Å². The molecule has 0 spiro atoms. The fourth-order valence-corrected chi connectivity index (χ4v) is 4.41. The second-order valence-electron chi connectivity index (χ2n) is 8.21. The van der Waals surface area contributed by atoms with Gasteiger partial charge in [0.05, 0.1) is 15.7 Å². The van der Waals surface area contributed by atoms with Gasteiger partial charge in [0.1, 0.15) is 23.7 Å². The predicted octanol–water partition coefficient (Wildman–Crippen LogP) is 5.26. The van der Waals surface area contributed by atoms with Gasteiger partial charge in [0.2, 0.25) is 0 Å². The van der Waals surface area contributed by atoms with Gasteiger partial charge in [-0.3, -0.25) is 14.9 Å². The molecule has 1 aliphatic heterocycles. The maximum atomic E-state index is 13.3. The summed E-state index contributed by atoms with van der Waals surface area (Å²) in [6.07, 6.45) is 3.43. The number of rotatable bonds is 8. The van der Waals surface area contributed by atoms with Gasteiger partial charge in [-0.1, -0.05) is 18.2 Å². The number of aromatic carboxylic acids is 1. The number of barbiturate groups is 1. The summed E-state index contributed by atoms with van der Waals surface area (Å²) in [5.41, 5.74) is 1.95. The number of imide groups is 2. The molecule has 0 saturated carbocycles. The van der Waals surface area contributed by atoms with Gasteiger partial charge in [0.25, 0.3) is 11.8 Å². The topological polar surface area (TPSA) is 113 Å². The van der Waals surface area contributed by atoms with Crippen molar-refractivity contribution < 1.29 is 33.4 Å². The number of urea groups is 1. The third kappa shape index (κ3) is 5.70. The van der Waals surface area contributed by atoms with Crippen LogP contribution in [-0.2, 0) is 22.6 Å². The summed E-state index contributed by atoms with van der Waals surface area (Å²) in [7, 11) is 0. The van der Waals surface area contributed by atoms with Crippen molar-refractivity contribution in [1.82, 2.24) is 5.32 Å².